The molecule has 2 N–H and O–H groups in total. The highest BCUT2D eigenvalue weighted by atomic mass is 16.5. The van der Waals surface area contributed by atoms with Crippen LogP contribution in [0.1, 0.15) is 64.7 Å². The monoisotopic (exact) mass is 406 g/mol. The van der Waals surface area contributed by atoms with Gasteiger partial charge < -0.3 is 25.0 Å². The smallest absolute Gasteiger partial charge is 0.191 e. The SMILES string of the molecule is CCOC1CC(NC(=NC)NC2CCN(CC3CCOC3)CC2)C12CCCCC2. The summed E-state index contributed by atoms with van der Waals surface area (Å²) in [6.45, 7) is 8.46. The van der Waals surface area contributed by atoms with Crippen LogP contribution < -0.4 is 10.6 Å². The third-order valence-electron chi connectivity index (χ3n) is 7.94. The molecular formula is C23H42N4O2. The molecule has 2 aliphatic carbocycles. The summed E-state index contributed by atoms with van der Waals surface area (Å²) < 4.78 is 11.7. The molecule has 2 saturated carbocycles. The molecule has 0 radical (unpaired) electrons. The molecule has 0 bridgehead atoms. The number of nitrogens with one attached hydrogen (secondary N) is 2. The molecular weight excluding hydrogens is 364 g/mol. The summed E-state index contributed by atoms with van der Waals surface area (Å²) >= 11 is 0. The van der Waals surface area contributed by atoms with Crippen molar-refractivity contribution in [3.63, 3.8) is 0 Å². The Kier molecular flexibility index (Phi) is 7.35. The van der Waals surface area contributed by atoms with Crippen molar-refractivity contribution in [1.29, 1.82) is 0 Å². The molecule has 3 unspecified atom stereocenters. The fourth-order valence-corrected chi connectivity index (χ4v) is 6.15. The average molecular weight is 407 g/mol. The van der Waals surface area contributed by atoms with Gasteiger partial charge >= 0.3 is 0 Å². The standard InChI is InChI=1S/C23H42N4O2/c1-3-29-21-15-20(23(21)10-5-4-6-11-23)26-22(24-2)25-19-7-12-27(13-8-19)16-18-9-14-28-17-18/h18-21H,3-17H2,1-2H3,(H2,24,25,26). The number of aliphatic imine (C=N–C) groups is 1. The van der Waals surface area contributed by atoms with E-state index in [1.807, 2.05) is 7.05 Å². The Hall–Kier alpha value is -0.850. The number of guanidine groups is 1. The van der Waals surface area contributed by atoms with Gasteiger partial charge in [-0.25, -0.2) is 0 Å². The van der Waals surface area contributed by atoms with Crippen molar-refractivity contribution >= 4 is 5.96 Å². The van der Waals surface area contributed by atoms with Gasteiger partial charge in [0.25, 0.3) is 0 Å². The topological polar surface area (TPSA) is 58.1 Å². The van der Waals surface area contributed by atoms with Gasteiger partial charge in [-0.2, -0.15) is 0 Å². The van der Waals surface area contributed by atoms with E-state index in [2.05, 4.69) is 27.4 Å². The summed E-state index contributed by atoms with van der Waals surface area (Å²) in [6.07, 6.45) is 11.9. The van der Waals surface area contributed by atoms with E-state index in [4.69, 9.17) is 9.47 Å². The molecule has 2 heterocycles. The summed E-state index contributed by atoms with van der Waals surface area (Å²) in [4.78, 5) is 7.21. The Morgan fingerprint density at radius 2 is 1.93 bits per heavy atom. The largest absolute Gasteiger partial charge is 0.381 e. The minimum Gasteiger partial charge on any atom is -0.381 e. The minimum absolute atomic E-state index is 0.332. The van der Waals surface area contributed by atoms with Crippen molar-refractivity contribution in [1.82, 2.24) is 15.5 Å². The van der Waals surface area contributed by atoms with E-state index in [-0.39, 0.29) is 0 Å². The van der Waals surface area contributed by atoms with Crippen molar-refractivity contribution in [3.8, 4) is 0 Å². The fraction of sp³-hybridized carbons (Fsp3) is 0.957. The number of rotatable bonds is 6. The first-order chi connectivity index (χ1) is 14.2. The van der Waals surface area contributed by atoms with Gasteiger partial charge in [0, 0.05) is 57.4 Å². The number of likely N-dealkylation sites (tertiary alicyclic amines) is 1. The van der Waals surface area contributed by atoms with Crippen LogP contribution in [0.3, 0.4) is 0 Å². The van der Waals surface area contributed by atoms with Gasteiger partial charge in [0.15, 0.2) is 5.96 Å². The summed E-state index contributed by atoms with van der Waals surface area (Å²) in [5.74, 6) is 1.75. The van der Waals surface area contributed by atoms with Crippen LogP contribution in [0.2, 0.25) is 0 Å². The van der Waals surface area contributed by atoms with Crippen LogP contribution in [0, 0.1) is 11.3 Å². The van der Waals surface area contributed by atoms with E-state index in [1.54, 1.807) is 0 Å². The summed E-state index contributed by atoms with van der Waals surface area (Å²) in [5, 5.41) is 7.53. The Balaban J connectivity index is 1.24. The molecule has 0 aromatic carbocycles. The number of nitrogens with zero attached hydrogens (tertiary/aromatic N) is 2. The minimum atomic E-state index is 0.332. The van der Waals surface area contributed by atoms with Crippen molar-refractivity contribution in [2.24, 2.45) is 16.3 Å². The van der Waals surface area contributed by atoms with Crippen LogP contribution in [0.25, 0.3) is 0 Å². The third-order valence-corrected chi connectivity index (χ3v) is 7.94. The molecule has 4 fully saturated rings. The molecule has 3 atom stereocenters. The lowest BCUT2D eigenvalue weighted by Gasteiger charge is -2.58. The number of hydrogen-bond donors (Lipinski definition) is 2. The first kappa shape index (κ1) is 21.4. The maximum Gasteiger partial charge on any atom is 0.191 e. The Morgan fingerprint density at radius 1 is 1.14 bits per heavy atom. The second-order valence-electron chi connectivity index (χ2n) is 9.69. The molecule has 2 saturated heterocycles. The van der Waals surface area contributed by atoms with Gasteiger partial charge in [0.05, 0.1) is 12.7 Å². The summed E-state index contributed by atoms with van der Waals surface area (Å²) in [5.41, 5.74) is 0.332. The van der Waals surface area contributed by atoms with Gasteiger partial charge in [-0.3, -0.25) is 4.99 Å². The van der Waals surface area contributed by atoms with Gasteiger partial charge in [0.1, 0.15) is 0 Å². The van der Waals surface area contributed by atoms with Gasteiger partial charge in [-0.15, -0.1) is 0 Å². The van der Waals surface area contributed by atoms with Crippen LogP contribution >= 0.6 is 0 Å². The molecule has 4 rings (SSSR count). The lowest BCUT2D eigenvalue weighted by Crippen LogP contribution is -2.67. The molecule has 0 aromatic rings. The predicted octanol–water partition coefficient (Wildman–Crippen LogP) is 2.78. The zero-order valence-electron chi connectivity index (χ0n) is 18.6. The molecule has 166 valence electrons. The number of piperidine rings is 1. The van der Waals surface area contributed by atoms with E-state index in [1.165, 1.54) is 71.0 Å². The molecule has 4 aliphatic rings. The van der Waals surface area contributed by atoms with E-state index < -0.39 is 0 Å². The second-order valence-corrected chi connectivity index (χ2v) is 9.69. The zero-order chi connectivity index (χ0) is 20.1. The maximum atomic E-state index is 6.12. The highest BCUT2D eigenvalue weighted by Crippen LogP contribution is 2.53. The molecule has 6 heteroatoms. The number of ether oxygens (including phenoxy) is 2. The van der Waals surface area contributed by atoms with Crippen molar-refractivity contribution in [2.45, 2.75) is 82.9 Å². The van der Waals surface area contributed by atoms with Crippen molar-refractivity contribution in [3.05, 3.63) is 0 Å². The molecule has 1 spiro atoms. The first-order valence-electron chi connectivity index (χ1n) is 12.1. The quantitative estimate of drug-likeness (QED) is 0.525. The van der Waals surface area contributed by atoms with Crippen LogP contribution in [0.15, 0.2) is 4.99 Å². The Labute approximate surface area is 177 Å². The van der Waals surface area contributed by atoms with E-state index in [0.717, 1.165) is 38.1 Å². The second kappa shape index (κ2) is 9.97. The Morgan fingerprint density at radius 3 is 2.59 bits per heavy atom. The number of hydrogen-bond acceptors (Lipinski definition) is 4. The zero-order valence-corrected chi connectivity index (χ0v) is 18.6. The van der Waals surface area contributed by atoms with Crippen LogP contribution in [-0.4, -0.2) is 75.5 Å². The van der Waals surface area contributed by atoms with E-state index in [9.17, 15) is 0 Å². The molecule has 29 heavy (non-hydrogen) atoms. The third kappa shape index (κ3) is 4.91. The lowest BCUT2D eigenvalue weighted by atomic mass is 9.55. The van der Waals surface area contributed by atoms with Crippen LogP contribution in [0.4, 0.5) is 0 Å². The average Bonchev–Trinajstić information content (AvgIpc) is 3.27. The predicted molar refractivity (Wildman–Crippen MR) is 117 cm³/mol. The van der Waals surface area contributed by atoms with Gasteiger partial charge in [0.2, 0.25) is 0 Å². The summed E-state index contributed by atoms with van der Waals surface area (Å²) in [6, 6.07) is 1.04. The normalized spacial score (nSPS) is 33.6. The molecule has 6 nitrogen and oxygen atoms in total. The highest BCUT2D eigenvalue weighted by molar-refractivity contribution is 5.80. The summed E-state index contributed by atoms with van der Waals surface area (Å²) in [7, 11) is 1.91. The molecule has 0 aromatic heterocycles. The van der Waals surface area contributed by atoms with E-state index in [0.29, 0.717) is 23.6 Å². The van der Waals surface area contributed by atoms with E-state index >= 15 is 0 Å². The lowest BCUT2D eigenvalue weighted by molar-refractivity contribution is -0.145. The first-order valence-corrected chi connectivity index (χ1v) is 12.1. The highest BCUT2D eigenvalue weighted by Gasteiger charge is 2.55. The van der Waals surface area contributed by atoms with Gasteiger partial charge in [-0.1, -0.05) is 19.3 Å². The maximum absolute atomic E-state index is 6.12. The molecule has 2 aliphatic heterocycles. The van der Waals surface area contributed by atoms with Crippen molar-refractivity contribution < 1.29 is 9.47 Å². The van der Waals surface area contributed by atoms with Crippen LogP contribution in [-0.2, 0) is 9.47 Å². The van der Waals surface area contributed by atoms with Gasteiger partial charge in [-0.05, 0) is 51.4 Å². The molecule has 0 amide bonds. The van der Waals surface area contributed by atoms with Crippen LogP contribution in [0.5, 0.6) is 0 Å². The van der Waals surface area contributed by atoms with Crippen molar-refractivity contribution in [2.75, 3.05) is 46.5 Å². The fourth-order valence-electron chi connectivity index (χ4n) is 6.15. The Bertz CT molecular complexity index is 535.